The van der Waals surface area contributed by atoms with Crippen LogP contribution in [0.15, 0.2) is 46.9 Å². The molecule has 20 heavy (non-hydrogen) atoms. The van der Waals surface area contributed by atoms with Gasteiger partial charge in [-0.15, -0.1) is 0 Å². The van der Waals surface area contributed by atoms with Crippen LogP contribution in [0.2, 0.25) is 0 Å². The molecule has 1 N–H and O–H groups in total. The Kier molecular flexibility index (Phi) is 4.08. The SMILES string of the molecule is O[C@H]1CCCc2ccc(OCc3cccc(Br)c3)cc21. The highest BCUT2D eigenvalue weighted by molar-refractivity contribution is 9.10. The number of benzene rings is 2. The summed E-state index contributed by atoms with van der Waals surface area (Å²) in [5, 5.41) is 10.0. The third-order valence-electron chi connectivity index (χ3n) is 3.69. The first kappa shape index (κ1) is 13.7. The second-order valence-electron chi connectivity index (χ2n) is 5.19. The van der Waals surface area contributed by atoms with E-state index in [1.807, 2.05) is 36.4 Å². The van der Waals surface area contributed by atoms with Crippen molar-refractivity contribution in [2.45, 2.75) is 32.0 Å². The molecule has 1 aliphatic rings. The Morgan fingerprint density at radius 2 is 2.10 bits per heavy atom. The summed E-state index contributed by atoms with van der Waals surface area (Å²) < 4.78 is 6.88. The van der Waals surface area contributed by atoms with Crippen molar-refractivity contribution >= 4 is 15.9 Å². The van der Waals surface area contributed by atoms with Gasteiger partial charge in [-0.2, -0.15) is 0 Å². The Hall–Kier alpha value is -1.32. The number of fused-ring (bicyclic) bond motifs is 1. The van der Waals surface area contributed by atoms with Gasteiger partial charge in [0.1, 0.15) is 12.4 Å². The van der Waals surface area contributed by atoms with Gasteiger partial charge in [0, 0.05) is 4.47 Å². The molecule has 0 amide bonds. The molecule has 3 heteroatoms. The van der Waals surface area contributed by atoms with Crippen molar-refractivity contribution in [1.82, 2.24) is 0 Å². The van der Waals surface area contributed by atoms with Gasteiger partial charge in [-0.25, -0.2) is 0 Å². The minimum absolute atomic E-state index is 0.340. The minimum atomic E-state index is -0.340. The fourth-order valence-corrected chi connectivity index (χ4v) is 3.08. The number of hydrogen-bond donors (Lipinski definition) is 1. The topological polar surface area (TPSA) is 29.5 Å². The molecule has 0 aliphatic heterocycles. The summed E-state index contributed by atoms with van der Waals surface area (Å²) >= 11 is 3.46. The van der Waals surface area contributed by atoms with Gasteiger partial charge in [-0.1, -0.05) is 34.1 Å². The Morgan fingerprint density at radius 1 is 1.20 bits per heavy atom. The van der Waals surface area contributed by atoms with E-state index in [0.717, 1.165) is 40.6 Å². The molecule has 0 aromatic heterocycles. The number of hydrogen-bond acceptors (Lipinski definition) is 2. The van der Waals surface area contributed by atoms with Crippen molar-refractivity contribution in [2.24, 2.45) is 0 Å². The molecule has 0 unspecified atom stereocenters. The highest BCUT2D eigenvalue weighted by Crippen LogP contribution is 2.32. The number of halogens is 1. The van der Waals surface area contributed by atoms with Crippen LogP contribution in [-0.4, -0.2) is 5.11 Å². The van der Waals surface area contributed by atoms with Gasteiger partial charge in [0.2, 0.25) is 0 Å². The Labute approximate surface area is 127 Å². The van der Waals surface area contributed by atoms with Gasteiger partial charge in [0.05, 0.1) is 6.10 Å². The van der Waals surface area contributed by atoms with Crippen LogP contribution in [0.1, 0.15) is 35.6 Å². The smallest absolute Gasteiger partial charge is 0.120 e. The summed E-state index contributed by atoms with van der Waals surface area (Å²) in [7, 11) is 0. The van der Waals surface area contributed by atoms with Gasteiger partial charge in [-0.05, 0) is 60.2 Å². The molecule has 104 valence electrons. The zero-order valence-electron chi connectivity index (χ0n) is 11.2. The van der Waals surface area contributed by atoms with Gasteiger partial charge in [-0.3, -0.25) is 0 Å². The van der Waals surface area contributed by atoms with Gasteiger partial charge >= 0.3 is 0 Å². The maximum absolute atomic E-state index is 10.0. The average molecular weight is 333 g/mol. The van der Waals surface area contributed by atoms with Crippen LogP contribution in [-0.2, 0) is 13.0 Å². The molecular weight excluding hydrogens is 316 g/mol. The van der Waals surface area contributed by atoms with Crippen LogP contribution in [0.5, 0.6) is 5.75 Å². The number of aliphatic hydroxyl groups excluding tert-OH is 1. The molecule has 2 aromatic carbocycles. The van der Waals surface area contributed by atoms with Gasteiger partial charge in [0.25, 0.3) is 0 Å². The Balaban J connectivity index is 1.73. The molecule has 0 saturated heterocycles. The molecule has 0 spiro atoms. The molecule has 0 radical (unpaired) electrons. The third-order valence-corrected chi connectivity index (χ3v) is 4.19. The van der Waals surface area contributed by atoms with Crippen molar-refractivity contribution in [3.8, 4) is 5.75 Å². The van der Waals surface area contributed by atoms with Crippen LogP contribution < -0.4 is 4.74 Å². The zero-order valence-corrected chi connectivity index (χ0v) is 12.8. The molecule has 3 rings (SSSR count). The molecule has 0 saturated carbocycles. The Morgan fingerprint density at radius 3 is 2.95 bits per heavy atom. The first-order chi connectivity index (χ1) is 9.72. The summed E-state index contributed by atoms with van der Waals surface area (Å²) in [6, 6.07) is 14.1. The third kappa shape index (κ3) is 3.05. The van der Waals surface area contributed by atoms with E-state index in [2.05, 4.69) is 22.0 Å². The number of rotatable bonds is 3. The molecular formula is C17H17BrO2. The van der Waals surface area contributed by atoms with Crippen LogP contribution in [0, 0.1) is 0 Å². The van der Waals surface area contributed by atoms with E-state index in [9.17, 15) is 5.11 Å². The first-order valence-corrected chi connectivity index (χ1v) is 7.70. The zero-order chi connectivity index (χ0) is 13.9. The highest BCUT2D eigenvalue weighted by atomic mass is 79.9. The first-order valence-electron chi connectivity index (χ1n) is 6.90. The Bertz CT molecular complexity index is 610. The van der Waals surface area contributed by atoms with E-state index < -0.39 is 0 Å². The van der Waals surface area contributed by atoms with Gasteiger partial charge < -0.3 is 9.84 Å². The van der Waals surface area contributed by atoms with E-state index >= 15 is 0 Å². The van der Waals surface area contributed by atoms with E-state index in [-0.39, 0.29) is 6.10 Å². The fourth-order valence-electron chi connectivity index (χ4n) is 2.64. The lowest BCUT2D eigenvalue weighted by Gasteiger charge is -2.22. The standard InChI is InChI=1S/C17H17BrO2/c18-14-5-1-3-12(9-14)11-20-15-8-7-13-4-2-6-17(19)16(13)10-15/h1,3,5,7-10,17,19H,2,4,6,11H2/t17-/m0/s1. The van der Waals surface area contributed by atoms with Crippen molar-refractivity contribution in [3.63, 3.8) is 0 Å². The van der Waals surface area contributed by atoms with Gasteiger partial charge in [0.15, 0.2) is 0 Å². The largest absolute Gasteiger partial charge is 0.489 e. The minimum Gasteiger partial charge on any atom is -0.489 e. The number of aryl methyl sites for hydroxylation is 1. The summed E-state index contributed by atoms with van der Waals surface area (Å²) in [6.07, 6.45) is 2.63. The molecule has 1 aliphatic carbocycles. The van der Waals surface area contributed by atoms with E-state index in [0.29, 0.717) is 6.61 Å². The predicted molar refractivity (Wildman–Crippen MR) is 82.8 cm³/mol. The molecule has 2 aromatic rings. The van der Waals surface area contributed by atoms with Crippen molar-refractivity contribution in [3.05, 3.63) is 63.6 Å². The molecule has 0 heterocycles. The second-order valence-corrected chi connectivity index (χ2v) is 6.10. The predicted octanol–water partition coefficient (Wildman–Crippen LogP) is 4.40. The summed E-state index contributed by atoms with van der Waals surface area (Å²) in [5.74, 6) is 0.824. The number of ether oxygens (including phenoxy) is 1. The maximum Gasteiger partial charge on any atom is 0.120 e. The lowest BCUT2D eigenvalue weighted by atomic mass is 9.89. The molecule has 1 atom stereocenters. The highest BCUT2D eigenvalue weighted by Gasteiger charge is 2.18. The van der Waals surface area contributed by atoms with Crippen LogP contribution in [0.25, 0.3) is 0 Å². The summed E-state index contributed by atoms with van der Waals surface area (Å²) in [6.45, 7) is 0.536. The van der Waals surface area contributed by atoms with Crippen molar-refractivity contribution < 1.29 is 9.84 Å². The van der Waals surface area contributed by atoms with Crippen LogP contribution in [0.4, 0.5) is 0 Å². The monoisotopic (exact) mass is 332 g/mol. The van der Waals surface area contributed by atoms with E-state index in [1.54, 1.807) is 0 Å². The van der Waals surface area contributed by atoms with Crippen LogP contribution >= 0.6 is 15.9 Å². The maximum atomic E-state index is 10.0. The molecule has 2 nitrogen and oxygen atoms in total. The second kappa shape index (κ2) is 5.98. The lowest BCUT2D eigenvalue weighted by molar-refractivity contribution is 0.156. The fraction of sp³-hybridized carbons (Fsp3) is 0.294. The normalized spacial score (nSPS) is 17.6. The van der Waals surface area contributed by atoms with E-state index in [1.165, 1.54) is 5.56 Å². The summed E-state index contributed by atoms with van der Waals surface area (Å²) in [5.41, 5.74) is 3.40. The van der Waals surface area contributed by atoms with Crippen molar-refractivity contribution in [2.75, 3.05) is 0 Å². The lowest BCUT2D eigenvalue weighted by Crippen LogP contribution is -2.09. The molecule has 0 fully saturated rings. The average Bonchev–Trinajstić information content (AvgIpc) is 2.46. The summed E-state index contributed by atoms with van der Waals surface area (Å²) in [4.78, 5) is 0. The van der Waals surface area contributed by atoms with Crippen LogP contribution in [0.3, 0.4) is 0 Å². The quantitative estimate of drug-likeness (QED) is 0.902. The molecule has 0 bridgehead atoms. The number of aliphatic hydroxyl groups is 1. The van der Waals surface area contributed by atoms with E-state index in [4.69, 9.17) is 4.74 Å². The van der Waals surface area contributed by atoms with Crippen molar-refractivity contribution in [1.29, 1.82) is 0 Å².